The molecule has 0 aliphatic carbocycles. The summed E-state index contributed by atoms with van der Waals surface area (Å²) >= 11 is 5.68. The normalized spacial score (nSPS) is 10.9. The summed E-state index contributed by atoms with van der Waals surface area (Å²) in [4.78, 5) is 1.15. The average molecular weight is 322 g/mol. The maximum atomic E-state index is 9.44. The molecule has 13 heavy (non-hydrogen) atoms. The van der Waals surface area contributed by atoms with Crippen molar-refractivity contribution in [2.75, 3.05) is 6.26 Å². The molecule has 0 aliphatic rings. The number of aromatic hydroxyl groups is 1. The summed E-state index contributed by atoms with van der Waals surface area (Å²) in [5.74, 6) is 0.357. The van der Waals surface area contributed by atoms with Gasteiger partial charge in [0.25, 0.3) is 0 Å². The number of hydrogen-bond donors (Lipinski definition) is 1. The van der Waals surface area contributed by atoms with Crippen molar-refractivity contribution in [1.29, 1.82) is 0 Å². The number of benzene rings is 1. The first kappa shape index (κ1) is 9.61. The third kappa shape index (κ3) is 1.80. The molecule has 0 amide bonds. The third-order valence-corrected chi connectivity index (χ3v) is 4.39. The van der Waals surface area contributed by atoms with Crippen molar-refractivity contribution >= 4 is 55.8 Å². The standard InChI is InChI=1S/C9H7IOS2/c1-12-7-2-5(11)3-8-6(7)4-9(10)13-8/h2-4,11H,1H3. The van der Waals surface area contributed by atoms with Crippen molar-refractivity contribution < 1.29 is 5.11 Å². The summed E-state index contributed by atoms with van der Waals surface area (Å²) in [6.07, 6.45) is 2.03. The summed E-state index contributed by atoms with van der Waals surface area (Å²) in [6, 6.07) is 5.80. The maximum absolute atomic E-state index is 9.44. The van der Waals surface area contributed by atoms with Gasteiger partial charge in [0, 0.05) is 15.0 Å². The van der Waals surface area contributed by atoms with Crippen molar-refractivity contribution in [2.24, 2.45) is 0 Å². The zero-order valence-electron chi connectivity index (χ0n) is 6.87. The van der Waals surface area contributed by atoms with Crippen molar-refractivity contribution in [1.82, 2.24) is 0 Å². The fourth-order valence-electron chi connectivity index (χ4n) is 1.23. The molecule has 1 aromatic carbocycles. The summed E-state index contributed by atoms with van der Waals surface area (Å²) in [5.41, 5.74) is 0. The second-order valence-corrected chi connectivity index (χ2v) is 6.44. The molecule has 0 unspecified atom stereocenters. The lowest BCUT2D eigenvalue weighted by atomic mass is 10.2. The van der Waals surface area contributed by atoms with Crippen LogP contribution < -0.4 is 0 Å². The molecular formula is C9H7IOS2. The van der Waals surface area contributed by atoms with E-state index in [-0.39, 0.29) is 0 Å². The van der Waals surface area contributed by atoms with E-state index in [9.17, 15) is 5.11 Å². The quantitative estimate of drug-likeness (QED) is 0.634. The Morgan fingerprint density at radius 3 is 2.85 bits per heavy atom. The fourth-order valence-corrected chi connectivity index (χ4v) is 3.79. The van der Waals surface area contributed by atoms with Gasteiger partial charge in [-0.25, -0.2) is 0 Å². The van der Waals surface area contributed by atoms with E-state index in [2.05, 4.69) is 28.7 Å². The van der Waals surface area contributed by atoms with E-state index in [1.807, 2.05) is 18.4 Å². The average Bonchev–Trinajstić information content (AvgIpc) is 2.43. The minimum Gasteiger partial charge on any atom is -0.508 e. The second-order valence-electron chi connectivity index (χ2n) is 2.61. The molecule has 0 bridgehead atoms. The van der Waals surface area contributed by atoms with Gasteiger partial charge in [0.05, 0.1) is 2.88 Å². The van der Waals surface area contributed by atoms with Gasteiger partial charge in [0.2, 0.25) is 0 Å². The minimum absolute atomic E-state index is 0.357. The van der Waals surface area contributed by atoms with Crippen LogP contribution in [0.25, 0.3) is 10.1 Å². The van der Waals surface area contributed by atoms with E-state index in [1.165, 1.54) is 8.27 Å². The highest BCUT2D eigenvalue weighted by Gasteiger charge is 2.06. The van der Waals surface area contributed by atoms with Gasteiger partial charge in [0.1, 0.15) is 5.75 Å². The van der Waals surface area contributed by atoms with Crippen LogP contribution in [0.2, 0.25) is 0 Å². The Kier molecular flexibility index (Phi) is 2.71. The molecule has 1 heterocycles. The van der Waals surface area contributed by atoms with E-state index >= 15 is 0 Å². The van der Waals surface area contributed by atoms with Gasteiger partial charge >= 0.3 is 0 Å². The summed E-state index contributed by atoms with van der Waals surface area (Å²) < 4.78 is 2.42. The highest BCUT2D eigenvalue weighted by Crippen LogP contribution is 2.36. The molecule has 0 fully saturated rings. The summed E-state index contributed by atoms with van der Waals surface area (Å²) in [5, 5.41) is 10.7. The highest BCUT2D eigenvalue weighted by atomic mass is 127. The SMILES string of the molecule is CSc1cc(O)cc2sc(I)cc12. The number of rotatable bonds is 1. The number of phenolic OH excluding ortho intramolecular Hbond substituents is 1. The van der Waals surface area contributed by atoms with Crippen LogP contribution in [0.1, 0.15) is 0 Å². The summed E-state index contributed by atoms with van der Waals surface area (Å²) in [7, 11) is 0. The molecule has 4 heteroatoms. The number of thiophene rings is 1. The van der Waals surface area contributed by atoms with Crippen LogP contribution in [0, 0.1) is 2.88 Å². The molecule has 0 saturated carbocycles. The molecule has 0 spiro atoms. The number of fused-ring (bicyclic) bond motifs is 1. The van der Waals surface area contributed by atoms with Gasteiger partial charge in [-0.3, -0.25) is 0 Å². The van der Waals surface area contributed by atoms with Crippen LogP contribution in [-0.4, -0.2) is 11.4 Å². The molecule has 0 saturated heterocycles. The first-order valence-electron chi connectivity index (χ1n) is 3.67. The van der Waals surface area contributed by atoms with Gasteiger partial charge in [0.15, 0.2) is 0 Å². The number of hydrogen-bond acceptors (Lipinski definition) is 3. The Bertz CT molecular complexity index is 450. The topological polar surface area (TPSA) is 20.2 Å². The van der Waals surface area contributed by atoms with E-state index in [4.69, 9.17) is 0 Å². The number of phenols is 1. The van der Waals surface area contributed by atoms with Gasteiger partial charge in [-0.05, 0) is 47.0 Å². The van der Waals surface area contributed by atoms with Crippen LogP contribution in [0.4, 0.5) is 0 Å². The van der Waals surface area contributed by atoms with E-state index in [0.717, 1.165) is 9.60 Å². The molecular weight excluding hydrogens is 315 g/mol. The minimum atomic E-state index is 0.357. The Hall–Kier alpha value is 0.0600. The number of halogens is 1. The molecule has 2 rings (SSSR count). The Labute approximate surface area is 98.3 Å². The highest BCUT2D eigenvalue weighted by molar-refractivity contribution is 14.1. The van der Waals surface area contributed by atoms with Crippen molar-refractivity contribution in [3.8, 4) is 5.75 Å². The Balaban J connectivity index is 2.80. The van der Waals surface area contributed by atoms with Gasteiger partial charge in [-0.15, -0.1) is 23.1 Å². The first-order valence-corrected chi connectivity index (χ1v) is 6.79. The number of thioether (sulfide) groups is 1. The van der Waals surface area contributed by atoms with Crippen molar-refractivity contribution in [2.45, 2.75) is 4.90 Å². The predicted octanol–water partition coefficient (Wildman–Crippen LogP) is 3.93. The molecule has 68 valence electrons. The summed E-state index contributed by atoms with van der Waals surface area (Å²) in [6.45, 7) is 0. The lowest BCUT2D eigenvalue weighted by Crippen LogP contribution is -1.71. The first-order chi connectivity index (χ1) is 6.20. The molecule has 1 nitrogen and oxygen atoms in total. The van der Waals surface area contributed by atoms with Gasteiger partial charge in [-0.2, -0.15) is 0 Å². The second kappa shape index (κ2) is 3.67. The van der Waals surface area contributed by atoms with Crippen LogP contribution in [-0.2, 0) is 0 Å². The van der Waals surface area contributed by atoms with Crippen molar-refractivity contribution in [3.05, 3.63) is 21.1 Å². The third-order valence-electron chi connectivity index (χ3n) is 1.77. The van der Waals surface area contributed by atoms with Crippen LogP contribution in [0.15, 0.2) is 23.1 Å². The molecule has 2 aromatic rings. The zero-order chi connectivity index (χ0) is 9.42. The van der Waals surface area contributed by atoms with Crippen LogP contribution in [0.5, 0.6) is 5.75 Å². The molecule has 0 atom stereocenters. The smallest absolute Gasteiger partial charge is 0.118 e. The monoisotopic (exact) mass is 322 g/mol. The largest absolute Gasteiger partial charge is 0.508 e. The van der Waals surface area contributed by atoms with E-state index in [0.29, 0.717) is 5.75 Å². The van der Waals surface area contributed by atoms with Crippen LogP contribution >= 0.6 is 45.7 Å². The van der Waals surface area contributed by atoms with E-state index < -0.39 is 0 Å². The molecule has 0 aliphatic heterocycles. The van der Waals surface area contributed by atoms with Gasteiger partial charge < -0.3 is 5.11 Å². The predicted molar refractivity (Wildman–Crippen MR) is 68.0 cm³/mol. The zero-order valence-corrected chi connectivity index (χ0v) is 10.7. The van der Waals surface area contributed by atoms with Crippen molar-refractivity contribution in [3.63, 3.8) is 0 Å². The Morgan fingerprint density at radius 1 is 1.38 bits per heavy atom. The lowest BCUT2D eigenvalue weighted by molar-refractivity contribution is 0.475. The van der Waals surface area contributed by atoms with E-state index in [1.54, 1.807) is 23.1 Å². The molecule has 1 aromatic heterocycles. The van der Waals surface area contributed by atoms with Crippen LogP contribution in [0.3, 0.4) is 0 Å². The lowest BCUT2D eigenvalue weighted by Gasteiger charge is -1.99. The van der Waals surface area contributed by atoms with Gasteiger partial charge in [-0.1, -0.05) is 0 Å². The molecule has 0 radical (unpaired) electrons. The maximum Gasteiger partial charge on any atom is 0.118 e. The molecule has 1 N–H and O–H groups in total. The fraction of sp³-hybridized carbons (Fsp3) is 0.111. The Morgan fingerprint density at radius 2 is 2.15 bits per heavy atom.